The molecular formula is C29H25N5. The third-order valence-corrected chi connectivity index (χ3v) is 5.72. The number of hydrogen-bond donors (Lipinski definition) is 3. The lowest BCUT2D eigenvalue weighted by molar-refractivity contribution is 1.18. The number of nitrogen functional groups attached to an aromatic ring is 2. The third-order valence-electron chi connectivity index (χ3n) is 5.72. The van der Waals surface area contributed by atoms with E-state index < -0.39 is 0 Å². The summed E-state index contributed by atoms with van der Waals surface area (Å²) in [5, 5.41) is 3.19. The van der Waals surface area contributed by atoms with Gasteiger partial charge in [-0.2, -0.15) is 0 Å². The van der Waals surface area contributed by atoms with Gasteiger partial charge in [-0.05, 0) is 53.6 Å². The fraction of sp³-hybridized carbons (Fsp3) is 0.0345. The van der Waals surface area contributed by atoms with E-state index in [1.165, 1.54) is 0 Å². The maximum Gasteiger partial charge on any atom is 0.160 e. The molecule has 0 fully saturated rings. The summed E-state index contributed by atoms with van der Waals surface area (Å²) in [6, 6.07) is 34.1. The lowest BCUT2D eigenvalue weighted by Crippen LogP contribution is -1.97. The largest absolute Gasteiger partial charge is 0.399 e. The SMILES string of the molecule is CNc1cccc(-c2cc(-c3cccc(N)c3)nc(-c3ccc(-c4cccc(N)c4)cc3)n2)c1. The quantitative estimate of drug-likeness (QED) is 0.275. The van der Waals surface area contributed by atoms with Crippen LogP contribution in [0.25, 0.3) is 45.0 Å². The summed E-state index contributed by atoms with van der Waals surface area (Å²) in [6.45, 7) is 0. The second-order valence-electron chi connectivity index (χ2n) is 8.12. The van der Waals surface area contributed by atoms with Crippen LogP contribution in [0.5, 0.6) is 0 Å². The Morgan fingerprint density at radius 1 is 0.529 bits per heavy atom. The first-order valence-corrected chi connectivity index (χ1v) is 11.1. The van der Waals surface area contributed by atoms with Gasteiger partial charge in [0.15, 0.2) is 5.82 Å². The van der Waals surface area contributed by atoms with Gasteiger partial charge in [0, 0.05) is 40.8 Å². The Balaban J connectivity index is 1.61. The van der Waals surface area contributed by atoms with Gasteiger partial charge in [0.05, 0.1) is 11.4 Å². The summed E-state index contributed by atoms with van der Waals surface area (Å²) in [7, 11) is 1.91. The fourth-order valence-corrected chi connectivity index (χ4v) is 3.93. The highest BCUT2D eigenvalue weighted by molar-refractivity contribution is 5.76. The average molecular weight is 444 g/mol. The summed E-state index contributed by atoms with van der Waals surface area (Å²) in [6.07, 6.45) is 0. The van der Waals surface area contributed by atoms with Crippen molar-refractivity contribution >= 4 is 17.1 Å². The van der Waals surface area contributed by atoms with E-state index in [2.05, 4.69) is 35.6 Å². The van der Waals surface area contributed by atoms with E-state index in [-0.39, 0.29) is 0 Å². The highest BCUT2D eigenvalue weighted by Crippen LogP contribution is 2.30. The first-order chi connectivity index (χ1) is 16.6. The molecule has 5 nitrogen and oxygen atoms in total. The van der Waals surface area contributed by atoms with Crippen LogP contribution in [0.4, 0.5) is 17.1 Å². The van der Waals surface area contributed by atoms with Crippen molar-refractivity contribution in [3.63, 3.8) is 0 Å². The molecule has 0 saturated heterocycles. The zero-order valence-electron chi connectivity index (χ0n) is 18.9. The minimum absolute atomic E-state index is 0.656. The molecule has 34 heavy (non-hydrogen) atoms. The van der Waals surface area contributed by atoms with E-state index in [9.17, 15) is 0 Å². The second-order valence-corrected chi connectivity index (χ2v) is 8.12. The molecule has 5 aromatic rings. The van der Waals surface area contributed by atoms with Gasteiger partial charge >= 0.3 is 0 Å². The molecular weight excluding hydrogens is 418 g/mol. The van der Waals surface area contributed by atoms with Gasteiger partial charge in [-0.25, -0.2) is 9.97 Å². The molecule has 5 rings (SSSR count). The molecule has 0 saturated carbocycles. The van der Waals surface area contributed by atoms with Gasteiger partial charge in [0.1, 0.15) is 0 Å². The normalized spacial score (nSPS) is 10.7. The maximum absolute atomic E-state index is 6.05. The average Bonchev–Trinajstić information content (AvgIpc) is 2.88. The summed E-state index contributed by atoms with van der Waals surface area (Å²) < 4.78 is 0. The highest BCUT2D eigenvalue weighted by Gasteiger charge is 2.12. The van der Waals surface area contributed by atoms with Gasteiger partial charge in [-0.15, -0.1) is 0 Å². The number of benzene rings is 4. The number of rotatable bonds is 5. The van der Waals surface area contributed by atoms with Crippen LogP contribution in [-0.4, -0.2) is 17.0 Å². The van der Waals surface area contributed by atoms with Crippen molar-refractivity contribution in [3.05, 3.63) is 103 Å². The molecule has 0 aliphatic carbocycles. The number of nitrogens with two attached hydrogens (primary N) is 2. The first-order valence-electron chi connectivity index (χ1n) is 11.1. The van der Waals surface area contributed by atoms with Crippen LogP contribution in [0, 0.1) is 0 Å². The molecule has 4 aromatic carbocycles. The molecule has 5 N–H and O–H groups in total. The van der Waals surface area contributed by atoms with Crippen LogP contribution < -0.4 is 16.8 Å². The topological polar surface area (TPSA) is 89.8 Å². The van der Waals surface area contributed by atoms with Crippen molar-refractivity contribution < 1.29 is 0 Å². The Morgan fingerprint density at radius 3 is 1.68 bits per heavy atom. The van der Waals surface area contributed by atoms with Gasteiger partial charge in [0.2, 0.25) is 0 Å². The van der Waals surface area contributed by atoms with Crippen molar-refractivity contribution in [3.8, 4) is 45.0 Å². The van der Waals surface area contributed by atoms with E-state index in [0.29, 0.717) is 11.5 Å². The molecule has 166 valence electrons. The lowest BCUT2D eigenvalue weighted by Gasteiger charge is -2.11. The predicted octanol–water partition coefficient (Wildman–Crippen LogP) is 6.35. The van der Waals surface area contributed by atoms with E-state index in [0.717, 1.165) is 50.6 Å². The smallest absolute Gasteiger partial charge is 0.160 e. The Bertz CT molecular complexity index is 1460. The van der Waals surface area contributed by atoms with E-state index >= 15 is 0 Å². The third kappa shape index (κ3) is 4.45. The van der Waals surface area contributed by atoms with Gasteiger partial charge < -0.3 is 16.8 Å². The molecule has 5 heteroatoms. The van der Waals surface area contributed by atoms with Crippen molar-refractivity contribution in [2.24, 2.45) is 0 Å². The second kappa shape index (κ2) is 9.08. The van der Waals surface area contributed by atoms with Crippen LogP contribution in [0.1, 0.15) is 0 Å². The number of aromatic nitrogens is 2. The number of nitrogens with one attached hydrogen (secondary N) is 1. The molecule has 0 radical (unpaired) electrons. The Kier molecular flexibility index (Phi) is 5.67. The molecule has 1 heterocycles. The predicted molar refractivity (Wildman–Crippen MR) is 142 cm³/mol. The zero-order valence-corrected chi connectivity index (χ0v) is 18.9. The van der Waals surface area contributed by atoms with Crippen LogP contribution in [-0.2, 0) is 0 Å². The van der Waals surface area contributed by atoms with Gasteiger partial charge in [0.25, 0.3) is 0 Å². The Labute approximate surface area is 199 Å². The standard InChI is InChI=1S/C29H25N5/c1-32-26-10-4-7-23(17-26)28-18-27(22-6-3-9-25(31)16-22)33-29(34-28)20-13-11-19(12-14-20)21-5-2-8-24(30)15-21/h2-18,32H,30-31H2,1H3. The van der Waals surface area contributed by atoms with Crippen molar-refractivity contribution in [2.75, 3.05) is 23.8 Å². The minimum Gasteiger partial charge on any atom is -0.399 e. The summed E-state index contributed by atoms with van der Waals surface area (Å²) in [5.74, 6) is 0.656. The lowest BCUT2D eigenvalue weighted by atomic mass is 10.0. The Morgan fingerprint density at radius 2 is 1.06 bits per heavy atom. The van der Waals surface area contributed by atoms with E-state index in [1.54, 1.807) is 0 Å². The number of anilines is 3. The minimum atomic E-state index is 0.656. The van der Waals surface area contributed by atoms with Crippen LogP contribution in [0.3, 0.4) is 0 Å². The summed E-state index contributed by atoms with van der Waals surface area (Å²) in [4.78, 5) is 9.82. The van der Waals surface area contributed by atoms with E-state index in [1.807, 2.05) is 79.8 Å². The molecule has 0 spiro atoms. The van der Waals surface area contributed by atoms with Gasteiger partial charge in [-0.3, -0.25) is 0 Å². The molecule has 0 amide bonds. The van der Waals surface area contributed by atoms with Crippen LogP contribution in [0.2, 0.25) is 0 Å². The fourth-order valence-electron chi connectivity index (χ4n) is 3.93. The molecule has 0 bridgehead atoms. The molecule has 0 aliphatic rings. The summed E-state index contributed by atoms with van der Waals surface area (Å²) in [5.41, 5.74) is 21.2. The molecule has 0 atom stereocenters. The van der Waals surface area contributed by atoms with Crippen molar-refractivity contribution in [1.29, 1.82) is 0 Å². The zero-order chi connectivity index (χ0) is 23.5. The molecule has 1 aromatic heterocycles. The Hall–Kier alpha value is -4.64. The molecule has 0 unspecified atom stereocenters. The van der Waals surface area contributed by atoms with Gasteiger partial charge in [-0.1, -0.05) is 60.7 Å². The van der Waals surface area contributed by atoms with Crippen molar-refractivity contribution in [2.45, 2.75) is 0 Å². The van der Waals surface area contributed by atoms with Crippen LogP contribution >= 0.6 is 0 Å². The molecule has 0 aliphatic heterocycles. The number of hydrogen-bond acceptors (Lipinski definition) is 5. The first kappa shape index (κ1) is 21.2. The van der Waals surface area contributed by atoms with Crippen molar-refractivity contribution in [1.82, 2.24) is 9.97 Å². The monoisotopic (exact) mass is 443 g/mol. The van der Waals surface area contributed by atoms with Crippen LogP contribution in [0.15, 0.2) is 103 Å². The number of nitrogens with zero attached hydrogens (tertiary/aromatic N) is 2. The maximum atomic E-state index is 6.05. The summed E-state index contributed by atoms with van der Waals surface area (Å²) >= 11 is 0. The van der Waals surface area contributed by atoms with E-state index in [4.69, 9.17) is 21.4 Å². The highest BCUT2D eigenvalue weighted by atomic mass is 14.9.